The predicted octanol–water partition coefficient (Wildman–Crippen LogP) is 6.45. The summed E-state index contributed by atoms with van der Waals surface area (Å²) in [6.07, 6.45) is 1.73. The number of aliphatic imine (C=N–C) groups is 1. The third kappa shape index (κ3) is 4.40. The summed E-state index contributed by atoms with van der Waals surface area (Å²) in [6, 6.07) is 16.7. The highest BCUT2D eigenvalue weighted by atomic mass is 16.5. The Balaban J connectivity index is 1.71. The number of rotatable bonds is 5. The number of hydrogen-bond donors (Lipinski definition) is 1. The van der Waals surface area contributed by atoms with E-state index in [-0.39, 0.29) is 17.8 Å². The van der Waals surface area contributed by atoms with Gasteiger partial charge in [-0.3, -0.25) is 4.99 Å². The summed E-state index contributed by atoms with van der Waals surface area (Å²) in [5.74, 6) is 0.458. The van der Waals surface area contributed by atoms with E-state index in [0.29, 0.717) is 16.9 Å². The quantitative estimate of drug-likeness (QED) is 0.462. The van der Waals surface area contributed by atoms with Crippen molar-refractivity contribution in [1.29, 1.82) is 0 Å². The summed E-state index contributed by atoms with van der Waals surface area (Å²) in [5, 5.41) is 10.4. The largest absolute Gasteiger partial charge is 0.508 e. The molecule has 0 radical (unpaired) electrons. The summed E-state index contributed by atoms with van der Waals surface area (Å²) in [6.45, 7) is 10.3. The highest BCUT2D eigenvalue weighted by Crippen LogP contribution is 2.37. The van der Waals surface area contributed by atoms with Gasteiger partial charge < -0.3 is 14.6 Å². The minimum atomic E-state index is -0.440. The Morgan fingerprint density at radius 1 is 1.06 bits per heavy atom. The van der Waals surface area contributed by atoms with Gasteiger partial charge in [-0.2, -0.15) is 0 Å². The van der Waals surface area contributed by atoms with Crippen molar-refractivity contribution in [3.63, 3.8) is 0 Å². The van der Waals surface area contributed by atoms with Gasteiger partial charge >= 0.3 is 5.97 Å². The molecule has 0 saturated carbocycles. The van der Waals surface area contributed by atoms with Crippen molar-refractivity contribution in [1.82, 2.24) is 0 Å². The van der Waals surface area contributed by atoms with E-state index < -0.39 is 5.97 Å². The van der Waals surface area contributed by atoms with Gasteiger partial charge in [0, 0.05) is 17.3 Å². The fourth-order valence-electron chi connectivity index (χ4n) is 3.96. The summed E-state index contributed by atoms with van der Waals surface area (Å²) in [4.78, 5) is 17.1. The van der Waals surface area contributed by atoms with Gasteiger partial charge in [-0.15, -0.1) is 0 Å². The zero-order valence-electron chi connectivity index (χ0n) is 19.3. The number of esters is 1. The SMILES string of the molecule is C=C1C=Nc2ccc(OCc3cccc(-c4ccc(O)c(C(C)(C)C)c4)c3C(=O)OC)cc21. The number of nitrogens with zero attached hydrogens (tertiary/aromatic N) is 1. The van der Waals surface area contributed by atoms with Crippen LogP contribution in [0.25, 0.3) is 16.7 Å². The first kappa shape index (κ1) is 22.3. The van der Waals surface area contributed by atoms with E-state index in [1.807, 2.05) is 69.3 Å². The Hall–Kier alpha value is -3.86. The number of phenols is 1. The van der Waals surface area contributed by atoms with Crippen LogP contribution in [0.5, 0.6) is 11.5 Å². The van der Waals surface area contributed by atoms with Crippen LogP contribution in [0.2, 0.25) is 0 Å². The van der Waals surface area contributed by atoms with Crippen LogP contribution >= 0.6 is 0 Å². The van der Waals surface area contributed by atoms with E-state index in [1.165, 1.54) is 7.11 Å². The van der Waals surface area contributed by atoms with E-state index in [0.717, 1.165) is 33.5 Å². The van der Waals surface area contributed by atoms with Crippen LogP contribution in [0.3, 0.4) is 0 Å². The summed E-state index contributed by atoms with van der Waals surface area (Å²) >= 11 is 0. The molecule has 4 rings (SSSR count). The molecule has 33 heavy (non-hydrogen) atoms. The molecule has 0 saturated heterocycles. The lowest BCUT2D eigenvalue weighted by molar-refractivity contribution is 0.0598. The Bertz CT molecular complexity index is 1280. The fourth-order valence-corrected chi connectivity index (χ4v) is 3.96. The average Bonchev–Trinajstić information content (AvgIpc) is 3.16. The van der Waals surface area contributed by atoms with Gasteiger partial charge in [0.05, 0.1) is 18.4 Å². The molecule has 0 spiro atoms. The van der Waals surface area contributed by atoms with Crippen molar-refractivity contribution in [2.75, 3.05) is 7.11 Å². The highest BCUT2D eigenvalue weighted by Gasteiger charge is 2.23. The standard InChI is InChI=1S/C28H27NO4/c1-17-15-29-24-11-10-20(14-22(17)24)33-16-19-7-6-8-21(26(19)27(31)32-5)18-9-12-25(30)23(13-18)28(2,3)4/h6-15,30H,1,16H2,2-5H3. The van der Waals surface area contributed by atoms with Crippen LogP contribution in [-0.2, 0) is 16.8 Å². The van der Waals surface area contributed by atoms with Crippen LogP contribution < -0.4 is 4.74 Å². The monoisotopic (exact) mass is 441 g/mol. The predicted molar refractivity (Wildman–Crippen MR) is 132 cm³/mol. The molecule has 5 nitrogen and oxygen atoms in total. The maximum Gasteiger partial charge on any atom is 0.338 e. The number of fused-ring (bicyclic) bond motifs is 1. The number of phenolic OH excluding ortho intramolecular Hbond substituents is 1. The molecule has 1 aliphatic heterocycles. The lowest BCUT2D eigenvalue weighted by Crippen LogP contribution is -2.12. The van der Waals surface area contributed by atoms with Crippen molar-refractivity contribution in [2.45, 2.75) is 32.8 Å². The van der Waals surface area contributed by atoms with Gasteiger partial charge in [-0.05, 0) is 58.0 Å². The molecule has 0 aromatic heterocycles. The number of allylic oxidation sites excluding steroid dienone is 1. The van der Waals surface area contributed by atoms with Crippen molar-refractivity contribution in [2.24, 2.45) is 4.99 Å². The molecule has 3 aromatic rings. The van der Waals surface area contributed by atoms with E-state index >= 15 is 0 Å². The second-order valence-electron chi connectivity index (χ2n) is 9.06. The summed E-state index contributed by atoms with van der Waals surface area (Å²) < 4.78 is 11.2. The third-order valence-corrected chi connectivity index (χ3v) is 5.72. The van der Waals surface area contributed by atoms with Crippen molar-refractivity contribution in [3.8, 4) is 22.6 Å². The van der Waals surface area contributed by atoms with Crippen LogP contribution in [0.15, 0.2) is 66.2 Å². The zero-order valence-corrected chi connectivity index (χ0v) is 19.3. The molecule has 5 heteroatoms. The van der Waals surface area contributed by atoms with Crippen LogP contribution in [0.1, 0.15) is 47.8 Å². The van der Waals surface area contributed by atoms with Gasteiger partial charge in [0.1, 0.15) is 18.1 Å². The molecule has 1 aliphatic rings. The molecule has 1 heterocycles. The Kier molecular flexibility index (Phi) is 5.81. The van der Waals surface area contributed by atoms with Gasteiger partial charge in [0.15, 0.2) is 0 Å². The molecule has 1 N–H and O–H groups in total. The van der Waals surface area contributed by atoms with Gasteiger partial charge in [0.25, 0.3) is 0 Å². The second kappa shape index (κ2) is 8.58. The van der Waals surface area contributed by atoms with E-state index in [4.69, 9.17) is 9.47 Å². The topological polar surface area (TPSA) is 68.1 Å². The minimum absolute atomic E-state index is 0.189. The number of methoxy groups -OCH3 is 1. The number of carbonyl (C=O) groups excluding carboxylic acids is 1. The van der Waals surface area contributed by atoms with Crippen molar-refractivity contribution < 1.29 is 19.4 Å². The molecule has 168 valence electrons. The molecule has 0 bridgehead atoms. The number of ether oxygens (including phenoxy) is 2. The normalized spacial score (nSPS) is 12.5. The molecule has 0 amide bonds. The Morgan fingerprint density at radius 3 is 2.58 bits per heavy atom. The van der Waals surface area contributed by atoms with Crippen LogP contribution in [0.4, 0.5) is 5.69 Å². The summed E-state index contributed by atoms with van der Waals surface area (Å²) in [5.41, 5.74) is 5.90. The average molecular weight is 442 g/mol. The van der Waals surface area contributed by atoms with E-state index in [9.17, 15) is 9.90 Å². The molecule has 0 fully saturated rings. The molecule has 0 aliphatic carbocycles. The number of aromatic hydroxyl groups is 1. The molecule has 0 unspecified atom stereocenters. The molecule has 3 aromatic carbocycles. The summed E-state index contributed by atoms with van der Waals surface area (Å²) in [7, 11) is 1.37. The maximum atomic E-state index is 12.8. The first-order valence-corrected chi connectivity index (χ1v) is 10.7. The smallest absolute Gasteiger partial charge is 0.338 e. The van der Waals surface area contributed by atoms with Gasteiger partial charge in [-0.25, -0.2) is 4.79 Å². The first-order valence-electron chi connectivity index (χ1n) is 10.7. The van der Waals surface area contributed by atoms with Crippen LogP contribution in [0, 0.1) is 0 Å². The Labute approximate surface area is 194 Å². The lowest BCUT2D eigenvalue weighted by Gasteiger charge is -2.22. The molecule has 0 atom stereocenters. The maximum absolute atomic E-state index is 12.8. The van der Waals surface area contributed by atoms with Gasteiger partial charge in [-0.1, -0.05) is 51.6 Å². The minimum Gasteiger partial charge on any atom is -0.508 e. The van der Waals surface area contributed by atoms with Crippen molar-refractivity contribution in [3.05, 3.63) is 83.4 Å². The lowest BCUT2D eigenvalue weighted by atomic mass is 9.84. The number of benzene rings is 3. The zero-order chi connectivity index (χ0) is 23.8. The van der Waals surface area contributed by atoms with E-state index in [2.05, 4.69) is 11.6 Å². The van der Waals surface area contributed by atoms with E-state index in [1.54, 1.807) is 12.3 Å². The highest BCUT2D eigenvalue weighted by molar-refractivity contribution is 6.15. The molecular weight excluding hydrogens is 414 g/mol. The Morgan fingerprint density at radius 2 is 1.85 bits per heavy atom. The third-order valence-electron chi connectivity index (χ3n) is 5.72. The fraction of sp³-hybridized carbons (Fsp3) is 0.214. The van der Waals surface area contributed by atoms with Gasteiger partial charge in [0.2, 0.25) is 0 Å². The number of hydrogen-bond acceptors (Lipinski definition) is 5. The number of carbonyl (C=O) groups is 1. The second-order valence-corrected chi connectivity index (χ2v) is 9.06. The van der Waals surface area contributed by atoms with Crippen LogP contribution in [-0.4, -0.2) is 24.4 Å². The first-order chi connectivity index (χ1) is 15.7. The molecular formula is C28H27NO4. The van der Waals surface area contributed by atoms with Crippen molar-refractivity contribution >= 4 is 23.4 Å².